The number of carbonyl (C=O) groups is 1. The molecular weight excluding hydrogens is 495 g/mol. The number of aromatic amines is 1. The van der Waals surface area contributed by atoms with Crippen LogP contribution >= 0.6 is 7.60 Å². The fourth-order valence-electron chi connectivity index (χ4n) is 3.55. The number of aromatic nitrogens is 2. The topological polar surface area (TPSA) is 144 Å². The summed E-state index contributed by atoms with van der Waals surface area (Å²) < 4.78 is 46.5. The fourth-order valence-corrected chi connectivity index (χ4v) is 4.32. The molecule has 1 fully saturated rings. The Bertz CT molecular complexity index is 1220. The van der Waals surface area contributed by atoms with Crippen molar-refractivity contribution in [1.82, 2.24) is 9.55 Å². The second-order valence-electron chi connectivity index (χ2n) is 7.78. The summed E-state index contributed by atoms with van der Waals surface area (Å²) in [6.07, 6.45) is -1.53. The lowest BCUT2D eigenvalue weighted by atomic mass is 10.1. The van der Waals surface area contributed by atoms with Crippen LogP contribution in [0.4, 0.5) is 0 Å². The molecule has 1 aromatic carbocycles. The number of methoxy groups -OCH3 is 1. The van der Waals surface area contributed by atoms with Crippen LogP contribution in [0.3, 0.4) is 0 Å². The van der Waals surface area contributed by atoms with E-state index in [4.69, 9.17) is 28.0 Å². The molecule has 0 aliphatic carbocycles. The zero-order chi connectivity index (χ0) is 26.3. The Morgan fingerprint density at radius 1 is 1.11 bits per heavy atom. The Morgan fingerprint density at radius 3 is 2.44 bits per heavy atom. The van der Waals surface area contributed by atoms with Gasteiger partial charge < -0.3 is 28.0 Å². The molecule has 0 saturated carbocycles. The SMILES string of the molecule is COCCO[C@@H]1[C@H](OC(=O)c2ccccc2)[C@@H](/C=C/P(=O)(OC)OC)O[C@H]1n1cc(C)c(=O)[nH]c1=O. The normalized spacial score (nSPS) is 22.2. The van der Waals surface area contributed by atoms with Gasteiger partial charge >= 0.3 is 19.3 Å². The lowest BCUT2D eigenvalue weighted by Crippen LogP contribution is -2.41. The number of hydrogen-bond donors (Lipinski definition) is 1. The third-order valence-electron chi connectivity index (χ3n) is 5.46. The van der Waals surface area contributed by atoms with E-state index in [1.165, 1.54) is 46.3 Å². The van der Waals surface area contributed by atoms with Crippen LogP contribution in [-0.2, 0) is 32.6 Å². The average molecular weight is 524 g/mol. The minimum absolute atomic E-state index is 0.0859. The molecule has 196 valence electrons. The lowest BCUT2D eigenvalue weighted by molar-refractivity contribution is -0.0812. The number of carbonyl (C=O) groups excluding carboxylic acids is 1. The predicted octanol–water partition coefficient (Wildman–Crippen LogP) is 2.00. The third kappa shape index (κ3) is 6.47. The van der Waals surface area contributed by atoms with E-state index >= 15 is 0 Å². The van der Waals surface area contributed by atoms with Crippen molar-refractivity contribution in [1.29, 1.82) is 0 Å². The standard InChI is InChI=1S/C23H29N2O10P/c1-15-14-25(23(28)24-20(15)26)21-19(33-12-11-30-2)18(35-22(27)16-8-6-5-7-9-16)17(34-21)10-13-36(29,31-3)32-4/h5-10,13-14,17-19,21H,11-12H2,1-4H3,(H,24,26,28)/b13-10+/t17-,18-,19-,21-/m1/s1. The summed E-state index contributed by atoms with van der Waals surface area (Å²) in [5.74, 6) is 0.520. The van der Waals surface area contributed by atoms with Crippen molar-refractivity contribution in [3.05, 3.63) is 80.4 Å². The van der Waals surface area contributed by atoms with Crippen LogP contribution in [0.25, 0.3) is 0 Å². The highest BCUT2D eigenvalue weighted by atomic mass is 31.2. The first-order valence-electron chi connectivity index (χ1n) is 11.0. The Labute approximate surface area is 207 Å². The van der Waals surface area contributed by atoms with Gasteiger partial charge in [-0.1, -0.05) is 18.2 Å². The number of aryl methyl sites for hydroxylation is 1. The molecule has 1 aliphatic rings. The van der Waals surface area contributed by atoms with Crippen LogP contribution in [0.15, 0.2) is 58.0 Å². The van der Waals surface area contributed by atoms with Gasteiger partial charge in [0.15, 0.2) is 12.3 Å². The van der Waals surface area contributed by atoms with E-state index in [1.54, 1.807) is 30.3 Å². The van der Waals surface area contributed by atoms with Crippen LogP contribution in [0.1, 0.15) is 22.1 Å². The summed E-state index contributed by atoms with van der Waals surface area (Å²) in [5.41, 5.74) is -0.742. The van der Waals surface area contributed by atoms with Gasteiger partial charge in [-0.2, -0.15) is 0 Å². The summed E-state index contributed by atoms with van der Waals surface area (Å²) in [7, 11) is 0.344. The fraction of sp³-hybridized carbons (Fsp3) is 0.435. The Kier molecular flexibility index (Phi) is 9.55. The maximum Gasteiger partial charge on any atom is 0.353 e. The second kappa shape index (κ2) is 12.4. The molecule has 0 amide bonds. The monoisotopic (exact) mass is 524 g/mol. The summed E-state index contributed by atoms with van der Waals surface area (Å²) >= 11 is 0. The minimum atomic E-state index is -3.59. The van der Waals surface area contributed by atoms with Gasteiger partial charge in [0.05, 0.1) is 18.8 Å². The molecule has 1 aromatic heterocycles. The zero-order valence-corrected chi connectivity index (χ0v) is 21.2. The molecular formula is C23H29N2O10P. The van der Waals surface area contributed by atoms with Gasteiger partial charge in [-0.3, -0.25) is 18.9 Å². The smallest absolute Gasteiger partial charge is 0.353 e. The molecule has 2 heterocycles. The third-order valence-corrected chi connectivity index (χ3v) is 7.02. The molecule has 12 nitrogen and oxygen atoms in total. The number of benzene rings is 1. The molecule has 1 aliphatic heterocycles. The van der Waals surface area contributed by atoms with E-state index in [0.717, 1.165) is 4.57 Å². The highest BCUT2D eigenvalue weighted by Gasteiger charge is 2.48. The van der Waals surface area contributed by atoms with Gasteiger partial charge in [0, 0.05) is 38.9 Å². The quantitative estimate of drug-likeness (QED) is 0.263. The van der Waals surface area contributed by atoms with E-state index in [0.29, 0.717) is 0 Å². The average Bonchev–Trinajstić information content (AvgIpc) is 3.22. The molecule has 3 rings (SSSR count). The molecule has 13 heteroatoms. The summed E-state index contributed by atoms with van der Waals surface area (Å²) in [5, 5.41) is 0. The number of nitrogens with one attached hydrogen (secondary N) is 1. The molecule has 2 aromatic rings. The van der Waals surface area contributed by atoms with Crippen molar-refractivity contribution >= 4 is 13.6 Å². The highest BCUT2D eigenvalue weighted by molar-refractivity contribution is 7.57. The number of H-pyrrole nitrogens is 1. The van der Waals surface area contributed by atoms with Crippen LogP contribution < -0.4 is 11.2 Å². The Balaban J connectivity index is 2.05. The second-order valence-corrected chi connectivity index (χ2v) is 9.89. The van der Waals surface area contributed by atoms with Crippen LogP contribution in [0.2, 0.25) is 0 Å². The van der Waals surface area contributed by atoms with Crippen molar-refractivity contribution in [3.63, 3.8) is 0 Å². The summed E-state index contributed by atoms with van der Waals surface area (Å²) in [6.45, 7) is 1.83. The van der Waals surface area contributed by atoms with Gasteiger partial charge in [0.25, 0.3) is 5.56 Å². The highest BCUT2D eigenvalue weighted by Crippen LogP contribution is 2.48. The zero-order valence-electron chi connectivity index (χ0n) is 20.3. The first-order valence-corrected chi connectivity index (χ1v) is 12.6. The summed E-state index contributed by atoms with van der Waals surface area (Å²) in [4.78, 5) is 39.7. The van der Waals surface area contributed by atoms with E-state index < -0.39 is 49.4 Å². The number of rotatable bonds is 11. The van der Waals surface area contributed by atoms with Gasteiger partial charge in [-0.05, 0) is 25.1 Å². The van der Waals surface area contributed by atoms with Gasteiger partial charge in [-0.15, -0.1) is 0 Å². The van der Waals surface area contributed by atoms with Crippen molar-refractivity contribution < 1.29 is 37.4 Å². The van der Waals surface area contributed by atoms with E-state index in [2.05, 4.69) is 4.98 Å². The molecule has 0 spiro atoms. The number of hydrogen-bond acceptors (Lipinski definition) is 10. The Hall–Kier alpha value is -2.86. The number of ether oxygens (including phenoxy) is 4. The van der Waals surface area contributed by atoms with Crippen LogP contribution in [-0.4, -0.2) is 68.4 Å². The Morgan fingerprint density at radius 2 is 1.81 bits per heavy atom. The molecule has 0 unspecified atom stereocenters. The predicted molar refractivity (Wildman–Crippen MR) is 128 cm³/mol. The van der Waals surface area contributed by atoms with E-state index in [1.807, 2.05) is 0 Å². The first kappa shape index (κ1) is 27.7. The van der Waals surface area contributed by atoms with Crippen molar-refractivity contribution in [2.24, 2.45) is 0 Å². The van der Waals surface area contributed by atoms with Gasteiger partial charge in [0.2, 0.25) is 0 Å². The van der Waals surface area contributed by atoms with Crippen molar-refractivity contribution in [3.8, 4) is 0 Å². The molecule has 36 heavy (non-hydrogen) atoms. The first-order chi connectivity index (χ1) is 17.2. The number of nitrogens with zero attached hydrogens (tertiary/aromatic N) is 1. The van der Waals surface area contributed by atoms with Crippen molar-refractivity contribution in [2.75, 3.05) is 34.5 Å². The molecule has 1 saturated heterocycles. The van der Waals surface area contributed by atoms with E-state index in [9.17, 15) is 18.9 Å². The molecule has 4 atom stereocenters. The molecule has 1 N–H and O–H groups in total. The van der Waals surface area contributed by atoms with Gasteiger partial charge in [0.1, 0.15) is 12.2 Å². The maximum absolute atomic E-state index is 12.9. The van der Waals surface area contributed by atoms with Crippen LogP contribution in [0, 0.1) is 6.92 Å². The summed E-state index contributed by atoms with van der Waals surface area (Å²) in [6, 6.07) is 8.29. The number of esters is 1. The lowest BCUT2D eigenvalue weighted by Gasteiger charge is -2.25. The van der Waals surface area contributed by atoms with Crippen molar-refractivity contribution in [2.45, 2.75) is 31.5 Å². The van der Waals surface area contributed by atoms with Gasteiger partial charge in [-0.25, -0.2) is 9.59 Å². The largest absolute Gasteiger partial charge is 0.453 e. The molecule has 0 radical (unpaired) electrons. The van der Waals surface area contributed by atoms with Crippen LogP contribution in [0.5, 0.6) is 0 Å². The minimum Gasteiger partial charge on any atom is -0.453 e. The molecule has 0 bridgehead atoms. The maximum atomic E-state index is 12.9. The van der Waals surface area contributed by atoms with E-state index in [-0.39, 0.29) is 24.3 Å².